The van der Waals surface area contributed by atoms with Crippen LogP contribution in [0.25, 0.3) is 0 Å². The fourth-order valence-corrected chi connectivity index (χ4v) is 1.95. The van der Waals surface area contributed by atoms with E-state index in [0.717, 1.165) is 0 Å². The number of hydrogen-bond acceptors (Lipinski definition) is 4. The van der Waals surface area contributed by atoms with Crippen molar-refractivity contribution < 1.29 is 27.4 Å². The SMILES string of the molecule is COC1C(N)CC1Oc1ccc(OC(F)(F)F)cc1. The lowest BCUT2D eigenvalue weighted by molar-refractivity contribution is -0.274. The first-order valence-corrected chi connectivity index (χ1v) is 5.70. The fraction of sp³-hybridized carbons (Fsp3) is 0.500. The van der Waals surface area contributed by atoms with Crippen LogP contribution in [0.1, 0.15) is 6.42 Å². The zero-order valence-corrected chi connectivity index (χ0v) is 10.2. The van der Waals surface area contributed by atoms with Gasteiger partial charge in [-0.2, -0.15) is 0 Å². The third kappa shape index (κ3) is 3.51. The van der Waals surface area contributed by atoms with Crippen LogP contribution in [0, 0.1) is 0 Å². The van der Waals surface area contributed by atoms with Crippen LogP contribution in [-0.2, 0) is 4.74 Å². The Morgan fingerprint density at radius 1 is 1.16 bits per heavy atom. The largest absolute Gasteiger partial charge is 0.573 e. The molecule has 1 aromatic rings. The van der Waals surface area contributed by atoms with Crippen molar-refractivity contribution in [3.8, 4) is 11.5 Å². The summed E-state index contributed by atoms with van der Waals surface area (Å²) in [6, 6.07) is 5.16. The van der Waals surface area contributed by atoms with Crippen LogP contribution in [-0.4, -0.2) is 31.7 Å². The molecule has 7 heteroatoms. The molecule has 1 fully saturated rings. The number of halogens is 3. The van der Waals surface area contributed by atoms with Gasteiger partial charge in [-0.25, -0.2) is 0 Å². The van der Waals surface area contributed by atoms with Gasteiger partial charge in [-0.05, 0) is 24.3 Å². The quantitative estimate of drug-likeness (QED) is 0.915. The van der Waals surface area contributed by atoms with Crippen LogP contribution in [0.15, 0.2) is 24.3 Å². The van der Waals surface area contributed by atoms with Gasteiger partial charge in [0.2, 0.25) is 0 Å². The number of alkyl halides is 3. The van der Waals surface area contributed by atoms with Crippen molar-refractivity contribution in [2.45, 2.75) is 31.0 Å². The number of methoxy groups -OCH3 is 1. The molecular weight excluding hydrogens is 263 g/mol. The van der Waals surface area contributed by atoms with E-state index in [1.54, 1.807) is 7.11 Å². The van der Waals surface area contributed by atoms with Gasteiger partial charge in [0.05, 0.1) is 0 Å². The first-order valence-electron chi connectivity index (χ1n) is 5.70. The van der Waals surface area contributed by atoms with E-state index in [-0.39, 0.29) is 24.0 Å². The normalized spacial score (nSPS) is 26.7. The van der Waals surface area contributed by atoms with Crippen LogP contribution >= 0.6 is 0 Å². The van der Waals surface area contributed by atoms with Gasteiger partial charge >= 0.3 is 6.36 Å². The Morgan fingerprint density at radius 3 is 2.21 bits per heavy atom. The average Bonchev–Trinajstić information content (AvgIpc) is 2.29. The molecule has 3 atom stereocenters. The van der Waals surface area contributed by atoms with Crippen LogP contribution in [0.5, 0.6) is 11.5 Å². The zero-order chi connectivity index (χ0) is 14.0. The average molecular weight is 277 g/mol. The number of rotatable bonds is 4. The fourth-order valence-electron chi connectivity index (χ4n) is 1.95. The minimum Gasteiger partial charge on any atom is -0.488 e. The van der Waals surface area contributed by atoms with Crippen molar-refractivity contribution in [3.63, 3.8) is 0 Å². The summed E-state index contributed by atoms with van der Waals surface area (Å²) in [6.07, 6.45) is -4.40. The lowest BCUT2D eigenvalue weighted by Gasteiger charge is -2.40. The Kier molecular flexibility index (Phi) is 3.86. The van der Waals surface area contributed by atoms with Gasteiger partial charge in [-0.15, -0.1) is 13.2 Å². The predicted octanol–water partition coefficient (Wildman–Crippen LogP) is 2.08. The molecule has 0 bridgehead atoms. The number of hydrogen-bond donors (Lipinski definition) is 1. The maximum atomic E-state index is 12.0. The molecule has 0 spiro atoms. The van der Waals surface area contributed by atoms with Crippen molar-refractivity contribution in [2.75, 3.05) is 7.11 Å². The molecule has 1 saturated carbocycles. The highest BCUT2D eigenvalue weighted by molar-refractivity contribution is 5.31. The maximum Gasteiger partial charge on any atom is 0.573 e. The predicted molar refractivity (Wildman–Crippen MR) is 60.9 cm³/mol. The topological polar surface area (TPSA) is 53.7 Å². The summed E-state index contributed by atoms with van der Waals surface area (Å²) in [5, 5.41) is 0. The van der Waals surface area contributed by atoms with E-state index in [2.05, 4.69) is 4.74 Å². The lowest BCUT2D eigenvalue weighted by atomic mass is 9.86. The van der Waals surface area contributed by atoms with Crippen molar-refractivity contribution in [1.29, 1.82) is 0 Å². The smallest absolute Gasteiger partial charge is 0.488 e. The molecule has 2 N–H and O–H groups in total. The molecule has 1 aliphatic carbocycles. The highest BCUT2D eigenvalue weighted by Crippen LogP contribution is 2.29. The molecule has 0 radical (unpaired) electrons. The van der Waals surface area contributed by atoms with E-state index in [9.17, 15) is 13.2 Å². The Labute approximate surface area is 108 Å². The molecule has 0 amide bonds. The van der Waals surface area contributed by atoms with E-state index in [0.29, 0.717) is 12.2 Å². The van der Waals surface area contributed by atoms with Gasteiger partial charge in [-0.3, -0.25) is 0 Å². The molecule has 0 heterocycles. The van der Waals surface area contributed by atoms with Gasteiger partial charge in [0.15, 0.2) is 0 Å². The zero-order valence-electron chi connectivity index (χ0n) is 10.2. The second-order valence-corrected chi connectivity index (χ2v) is 4.28. The molecular formula is C12H14F3NO3. The number of benzene rings is 1. The molecule has 19 heavy (non-hydrogen) atoms. The van der Waals surface area contributed by atoms with Crippen LogP contribution < -0.4 is 15.2 Å². The van der Waals surface area contributed by atoms with E-state index in [1.165, 1.54) is 24.3 Å². The van der Waals surface area contributed by atoms with Crippen molar-refractivity contribution in [3.05, 3.63) is 24.3 Å². The van der Waals surface area contributed by atoms with Gasteiger partial charge in [0, 0.05) is 19.6 Å². The summed E-state index contributed by atoms with van der Waals surface area (Å²) in [5.41, 5.74) is 5.72. The molecule has 0 aromatic heterocycles. The lowest BCUT2D eigenvalue weighted by Crippen LogP contribution is -2.59. The third-order valence-electron chi connectivity index (χ3n) is 2.91. The first kappa shape index (κ1) is 14.0. The van der Waals surface area contributed by atoms with Crippen LogP contribution in [0.4, 0.5) is 13.2 Å². The molecule has 1 aliphatic rings. The molecule has 0 saturated heterocycles. The second-order valence-electron chi connectivity index (χ2n) is 4.28. The third-order valence-corrected chi connectivity index (χ3v) is 2.91. The van der Waals surface area contributed by atoms with Crippen LogP contribution in [0.2, 0.25) is 0 Å². The summed E-state index contributed by atoms with van der Waals surface area (Å²) in [5.74, 6) is 0.168. The van der Waals surface area contributed by atoms with Crippen molar-refractivity contribution in [1.82, 2.24) is 0 Å². The van der Waals surface area contributed by atoms with E-state index in [4.69, 9.17) is 15.2 Å². The van der Waals surface area contributed by atoms with Crippen molar-refractivity contribution in [2.24, 2.45) is 5.73 Å². The van der Waals surface area contributed by atoms with E-state index < -0.39 is 6.36 Å². The highest BCUT2D eigenvalue weighted by atomic mass is 19.4. The molecule has 0 aliphatic heterocycles. The summed E-state index contributed by atoms with van der Waals surface area (Å²) in [4.78, 5) is 0. The summed E-state index contributed by atoms with van der Waals surface area (Å²) in [6.45, 7) is 0. The van der Waals surface area contributed by atoms with Crippen LogP contribution in [0.3, 0.4) is 0 Å². The Bertz CT molecular complexity index is 421. The molecule has 2 rings (SSSR count). The summed E-state index contributed by atoms with van der Waals surface area (Å²) >= 11 is 0. The number of nitrogens with two attached hydrogens (primary N) is 1. The van der Waals surface area contributed by atoms with Gasteiger partial charge in [0.1, 0.15) is 23.7 Å². The molecule has 1 aromatic carbocycles. The summed E-state index contributed by atoms with van der Waals surface area (Å²) < 4.78 is 50.4. The Balaban J connectivity index is 1.92. The molecule has 3 unspecified atom stereocenters. The van der Waals surface area contributed by atoms with Gasteiger partial charge < -0.3 is 19.9 Å². The Morgan fingerprint density at radius 2 is 1.74 bits per heavy atom. The Hall–Kier alpha value is -1.47. The summed E-state index contributed by atoms with van der Waals surface area (Å²) in [7, 11) is 1.54. The highest BCUT2D eigenvalue weighted by Gasteiger charge is 2.40. The minimum atomic E-state index is -4.69. The second kappa shape index (κ2) is 5.26. The monoisotopic (exact) mass is 277 g/mol. The molecule has 4 nitrogen and oxygen atoms in total. The maximum absolute atomic E-state index is 12.0. The van der Waals surface area contributed by atoms with E-state index >= 15 is 0 Å². The number of ether oxygens (including phenoxy) is 3. The minimum absolute atomic E-state index is 0.0668. The molecule has 106 valence electrons. The van der Waals surface area contributed by atoms with Gasteiger partial charge in [-0.1, -0.05) is 0 Å². The standard InChI is InChI=1S/C12H14F3NO3/c1-17-11-9(16)6-10(11)18-7-2-4-8(5-3-7)19-12(13,14)15/h2-5,9-11H,6,16H2,1H3. The van der Waals surface area contributed by atoms with Crippen molar-refractivity contribution >= 4 is 0 Å². The first-order chi connectivity index (χ1) is 8.89. The van der Waals surface area contributed by atoms with Gasteiger partial charge in [0.25, 0.3) is 0 Å². The van der Waals surface area contributed by atoms with E-state index in [1.807, 2.05) is 0 Å².